The van der Waals surface area contributed by atoms with Crippen LogP contribution in [0.25, 0.3) is 0 Å². The van der Waals surface area contributed by atoms with Crippen LogP contribution in [0.4, 0.5) is 17.3 Å². The second-order valence-corrected chi connectivity index (χ2v) is 4.56. The highest BCUT2D eigenvalue weighted by Crippen LogP contribution is 2.23. The van der Waals surface area contributed by atoms with Gasteiger partial charge in [-0.25, -0.2) is 4.98 Å². The first-order valence-corrected chi connectivity index (χ1v) is 6.01. The molecule has 0 saturated carbocycles. The van der Waals surface area contributed by atoms with Gasteiger partial charge in [0.25, 0.3) is 0 Å². The van der Waals surface area contributed by atoms with Crippen LogP contribution in [0.15, 0.2) is 12.1 Å². The van der Waals surface area contributed by atoms with Gasteiger partial charge in [0, 0.05) is 17.9 Å². The number of aromatic nitrogens is 1. The van der Waals surface area contributed by atoms with E-state index in [1.54, 1.807) is 11.8 Å². The number of pyridine rings is 1. The van der Waals surface area contributed by atoms with E-state index in [1.807, 2.05) is 13.2 Å². The van der Waals surface area contributed by atoms with Gasteiger partial charge >= 0.3 is 5.69 Å². The molecule has 0 amide bonds. The maximum absolute atomic E-state index is 10.7. The molecule has 7 heteroatoms. The van der Waals surface area contributed by atoms with Crippen molar-refractivity contribution in [3.8, 4) is 0 Å². The summed E-state index contributed by atoms with van der Waals surface area (Å²) in [7, 11) is 0. The first-order valence-electron chi connectivity index (χ1n) is 4.72. The van der Waals surface area contributed by atoms with Crippen molar-refractivity contribution in [3.05, 3.63) is 22.2 Å². The quantitative estimate of drug-likeness (QED) is 0.603. The Labute approximate surface area is 97.8 Å². The minimum atomic E-state index is -0.474. The number of nitrogen functional groups attached to an aromatic ring is 1. The molecule has 6 nitrogen and oxygen atoms in total. The molecule has 88 valence electrons. The lowest BCUT2D eigenvalue weighted by molar-refractivity contribution is -0.384. The van der Waals surface area contributed by atoms with E-state index in [9.17, 15) is 10.1 Å². The van der Waals surface area contributed by atoms with E-state index in [0.29, 0.717) is 11.8 Å². The zero-order valence-corrected chi connectivity index (χ0v) is 9.95. The Hall–Kier alpha value is -1.50. The van der Waals surface area contributed by atoms with Gasteiger partial charge in [-0.1, -0.05) is 6.92 Å². The number of thioether (sulfide) groups is 1. The third kappa shape index (κ3) is 3.27. The van der Waals surface area contributed by atoms with Crippen LogP contribution in [0.3, 0.4) is 0 Å². The number of anilines is 2. The van der Waals surface area contributed by atoms with Crippen LogP contribution in [0, 0.1) is 10.1 Å². The van der Waals surface area contributed by atoms with E-state index >= 15 is 0 Å². The zero-order valence-electron chi connectivity index (χ0n) is 9.14. The Morgan fingerprint density at radius 2 is 2.38 bits per heavy atom. The highest BCUT2D eigenvalue weighted by Gasteiger charge is 2.15. The minimum Gasteiger partial charge on any atom is -0.384 e. The fourth-order valence-corrected chi connectivity index (χ4v) is 1.32. The van der Waals surface area contributed by atoms with E-state index < -0.39 is 4.92 Å². The first-order chi connectivity index (χ1) is 7.54. The molecule has 1 aromatic heterocycles. The fraction of sp³-hybridized carbons (Fsp3) is 0.444. The molecule has 0 radical (unpaired) electrons. The number of nitrogens with one attached hydrogen (secondary N) is 1. The van der Waals surface area contributed by atoms with Gasteiger partial charge in [-0.15, -0.1) is 0 Å². The number of rotatable bonds is 5. The highest BCUT2D eigenvalue weighted by atomic mass is 32.2. The molecule has 1 atom stereocenters. The minimum absolute atomic E-state index is 0.0532. The van der Waals surface area contributed by atoms with Crippen LogP contribution in [-0.2, 0) is 0 Å². The highest BCUT2D eigenvalue weighted by molar-refractivity contribution is 7.99. The number of hydrogen-bond donors (Lipinski definition) is 2. The Morgan fingerprint density at radius 3 is 2.94 bits per heavy atom. The predicted octanol–water partition coefficient (Wildman–Crippen LogP) is 1.74. The topological polar surface area (TPSA) is 94.1 Å². The molecule has 3 N–H and O–H groups in total. The summed E-state index contributed by atoms with van der Waals surface area (Å²) in [6.45, 7) is 2.63. The molecule has 16 heavy (non-hydrogen) atoms. The second kappa shape index (κ2) is 5.55. The van der Waals surface area contributed by atoms with Crippen molar-refractivity contribution < 1.29 is 4.92 Å². The predicted molar refractivity (Wildman–Crippen MR) is 66.8 cm³/mol. The SMILES string of the molecule is CSC(C)CNc1nc(N)ccc1[N+](=O)[O-]. The number of nitrogens with two attached hydrogens (primary N) is 1. The average Bonchev–Trinajstić information content (AvgIpc) is 2.25. The van der Waals surface area contributed by atoms with Gasteiger partial charge in [-0.2, -0.15) is 11.8 Å². The molecule has 1 rings (SSSR count). The van der Waals surface area contributed by atoms with Gasteiger partial charge in [-0.05, 0) is 12.3 Å². The molecule has 0 fully saturated rings. The smallest absolute Gasteiger partial charge is 0.311 e. The first kappa shape index (κ1) is 12.6. The van der Waals surface area contributed by atoms with Crippen molar-refractivity contribution >= 4 is 29.1 Å². The average molecular weight is 242 g/mol. The van der Waals surface area contributed by atoms with Gasteiger partial charge < -0.3 is 11.1 Å². The normalized spacial score (nSPS) is 12.1. The van der Waals surface area contributed by atoms with Crippen molar-refractivity contribution in [1.29, 1.82) is 0 Å². The van der Waals surface area contributed by atoms with Gasteiger partial charge in [-0.3, -0.25) is 10.1 Å². The molecular formula is C9H14N4O2S. The lowest BCUT2D eigenvalue weighted by atomic mass is 10.3. The molecule has 0 aliphatic heterocycles. The second-order valence-electron chi connectivity index (χ2n) is 3.29. The maximum atomic E-state index is 10.7. The van der Waals surface area contributed by atoms with Gasteiger partial charge in [0.05, 0.1) is 4.92 Å². The summed E-state index contributed by atoms with van der Waals surface area (Å²) in [5, 5.41) is 14.0. The van der Waals surface area contributed by atoms with E-state index in [2.05, 4.69) is 10.3 Å². The van der Waals surface area contributed by atoms with E-state index in [0.717, 1.165) is 0 Å². The molecule has 0 bridgehead atoms. The van der Waals surface area contributed by atoms with Crippen molar-refractivity contribution in [3.63, 3.8) is 0 Å². The van der Waals surface area contributed by atoms with E-state index in [-0.39, 0.29) is 17.3 Å². The van der Waals surface area contributed by atoms with Gasteiger partial charge in [0.1, 0.15) is 5.82 Å². The van der Waals surface area contributed by atoms with Crippen molar-refractivity contribution in [1.82, 2.24) is 4.98 Å². The third-order valence-electron chi connectivity index (χ3n) is 2.05. The molecule has 0 spiro atoms. The Kier molecular flexibility index (Phi) is 4.36. The van der Waals surface area contributed by atoms with Crippen LogP contribution in [0.2, 0.25) is 0 Å². The molecule has 1 aromatic rings. The summed E-state index contributed by atoms with van der Waals surface area (Å²) in [6, 6.07) is 2.77. The van der Waals surface area contributed by atoms with Crippen LogP contribution in [-0.4, -0.2) is 28.0 Å². The zero-order chi connectivity index (χ0) is 12.1. The van der Waals surface area contributed by atoms with Crippen LogP contribution in [0.5, 0.6) is 0 Å². The van der Waals surface area contributed by atoms with Crippen molar-refractivity contribution in [2.45, 2.75) is 12.2 Å². The van der Waals surface area contributed by atoms with Crippen LogP contribution in [0.1, 0.15) is 6.92 Å². The Balaban J connectivity index is 2.84. The van der Waals surface area contributed by atoms with E-state index in [1.165, 1.54) is 12.1 Å². The van der Waals surface area contributed by atoms with E-state index in [4.69, 9.17) is 5.73 Å². The summed E-state index contributed by atoms with van der Waals surface area (Å²) in [5.41, 5.74) is 5.43. The molecule has 1 unspecified atom stereocenters. The van der Waals surface area contributed by atoms with Crippen LogP contribution < -0.4 is 11.1 Å². The Bertz CT molecular complexity index is 386. The number of nitrogens with zero attached hydrogens (tertiary/aromatic N) is 2. The third-order valence-corrected chi connectivity index (χ3v) is 3.02. The maximum Gasteiger partial charge on any atom is 0.311 e. The summed E-state index contributed by atoms with van der Waals surface area (Å²) in [5.74, 6) is 0.496. The molecular weight excluding hydrogens is 228 g/mol. The lowest BCUT2D eigenvalue weighted by Crippen LogP contribution is -2.15. The van der Waals surface area contributed by atoms with Crippen molar-refractivity contribution in [2.75, 3.05) is 23.9 Å². The standard InChI is InChI=1S/C9H14N4O2S/c1-6(16-2)5-11-9-7(13(14)15)3-4-8(10)12-9/h3-4,6H,5H2,1-2H3,(H3,10,11,12). The molecule has 0 saturated heterocycles. The van der Waals surface area contributed by atoms with Gasteiger partial charge in [0.15, 0.2) is 0 Å². The Morgan fingerprint density at radius 1 is 1.69 bits per heavy atom. The largest absolute Gasteiger partial charge is 0.384 e. The van der Waals surface area contributed by atoms with Crippen LogP contribution >= 0.6 is 11.8 Å². The number of hydrogen-bond acceptors (Lipinski definition) is 6. The monoisotopic (exact) mass is 242 g/mol. The summed E-state index contributed by atoms with van der Waals surface area (Å²) < 4.78 is 0. The molecule has 0 aliphatic rings. The summed E-state index contributed by atoms with van der Waals surface area (Å²) in [4.78, 5) is 14.2. The fourth-order valence-electron chi connectivity index (χ4n) is 1.07. The molecule has 0 aliphatic carbocycles. The summed E-state index contributed by atoms with van der Waals surface area (Å²) in [6.07, 6.45) is 1.98. The molecule has 1 heterocycles. The van der Waals surface area contributed by atoms with Gasteiger partial charge in [0.2, 0.25) is 5.82 Å². The lowest BCUT2D eigenvalue weighted by Gasteiger charge is -2.10. The number of nitro groups is 1. The summed E-state index contributed by atoms with van der Waals surface area (Å²) >= 11 is 1.67. The van der Waals surface area contributed by atoms with Crippen molar-refractivity contribution in [2.24, 2.45) is 0 Å². The molecule has 0 aromatic carbocycles.